The SMILES string of the molecule is c1ccc2c(c1)Sc1ccccc1N2c1ccc2c(c1)c1ccccc1n2-c1nc2ccccc2c2nc3ccccc3n12. The second-order valence-corrected chi connectivity index (χ2v) is 12.2. The lowest BCUT2D eigenvalue weighted by Crippen LogP contribution is -2.14. The van der Waals surface area contributed by atoms with Crippen LogP contribution >= 0.6 is 11.8 Å². The van der Waals surface area contributed by atoms with Gasteiger partial charge in [-0.1, -0.05) is 78.5 Å². The molecule has 5 nitrogen and oxygen atoms in total. The molecule has 0 radical (unpaired) electrons. The van der Waals surface area contributed by atoms with Crippen LogP contribution in [0.1, 0.15) is 0 Å². The van der Waals surface area contributed by atoms with Gasteiger partial charge in [0.15, 0.2) is 0 Å². The lowest BCUT2D eigenvalue weighted by molar-refractivity contribution is 0.979. The van der Waals surface area contributed by atoms with Crippen LogP contribution in [0.5, 0.6) is 0 Å². The lowest BCUT2D eigenvalue weighted by atomic mass is 10.1. The smallest absolute Gasteiger partial charge is 0.221 e. The summed E-state index contributed by atoms with van der Waals surface area (Å²) in [6, 6.07) is 49.4. The third-order valence-corrected chi connectivity index (χ3v) is 9.80. The topological polar surface area (TPSA) is 38.4 Å². The minimum atomic E-state index is 0.830. The number of nitrogens with zero attached hydrogens (tertiary/aromatic N) is 5. The van der Waals surface area contributed by atoms with E-state index in [4.69, 9.17) is 9.97 Å². The Morgan fingerprint density at radius 3 is 1.89 bits per heavy atom. The Morgan fingerprint density at radius 2 is 1.09 bits per heavy atom. The van der Waals surface area contributed by atoms with Gasteiger partial charge in [0, 0.05) is 31.6 Å². The van der Waals surface area contributed by atoms with E-state index >= 15 is 0 Å². The van der Waals surface area contributed by atoms with E-state index in [1.807, 2.05) is 23.9 Å². The fraction of sp³-hybridized carbons (Fsp3) is 0. The molecule has 0 atom stereocenters. The number of anilines is 3. The van der Waals surface area contributed by atoms with Crippen molar-refractivity contribution in [3.63, 3.8) is 0 Å². The van der Waals surface area contributed by atoms with Gasteiger partial charge in [0.1, 0.15) is 5.65 Å². The Kier molecular flexibility index (Phi) is 4.87. The van der Waals surface area contributed by atoms with Crippen LogP contribution in [0.4, 0.5) is 17.1 Å². The number of benzene rings is 6. The van der Waals surface area contributed by atoms with Crippen LogP contribution in [0.3, 0.4) is 0 Å². The van der Waals surface area contributed by atoms with E-state index in [1.165, 1.54) is 31.9 Å². The highest BCUT2D eigenvalue weighted by molar-refractivity contribution is 7.99. The standard InChI is InChI=1S/C38H23N5S/c1-3-13-28-26(12-1)37-39-29-14-4-6-16-32(29)43(37)38(40-28)42-30-15-5-2-11-25(30)27-23-24(21-22-31(27)42)41-33-17-7-9-19-35(33)44-36-20-10-8-18-34(36)41/h1-23H. The average Bonchev–Trinajstić information content (AvgIpc) is 3.63. The maximum atomic E-state index is 5.31. The van der Waals surface area contributed by atoms with Crippen LogP contribution in [-0.2, 0) is 0 Å². The van der Waals surface area contributed by atoms with Gasteiger partial charge in [-0.3, -0.25) is 8.97 Å². The Balaban J connectivity index is 1.30. The highest BCUT2D eigenvalue weighted by Gasteiger charge is 2.26. The molecule has 0 aliphatic carbocycles. The summed E-state index contributed by atoms with van der Waals surface area (Å²) in [5, 5.41) is 3.40. The summed E-state index contributed by atoms with van der Waals surface area (Å²) in [7, 11) is 0. The monoisotopic (exact) mass is 581 g/mol. The molecule has 0 unspecified atom stereocenters. The highest BCUT2D eigenvalue weighted by Crippen LogP contribution is 2.51. The lowest BCUT2D eigenvalue weighted by Gasteiger charge is -2.32. The zero-order valence-corrected chi connectivity index (χ0v) is 24.2. The van der Waals surface area contributed by atoms with Gasteiger partial charge < -0.3 is 4.90 Å². The average molecular weight is 582 g/mol. The molecule has 6 heteroatoms. The summed E-state index contributed by atoms with van der Waals surface area (Å²) in [6.45, 7) is 0. The van der Waals surface area contributed by atoms with E-state index in [0.29, 0.717) is 0 Å². The van der Waals surface area contributed by atoms with Crippen molar-refractivity contribution < 1.29 is 0 Å². The third-order valence-electron chi connectivity index (χ3n) is 8.67. The van der Waals surface area contributed by atoms with E-state index in [2.05, 4.69) is 141 Å². The number of fused-ring (bicyclic) bond motifs is 10. The van der Waals surface area contributed by atoms with Crippen LogP contribution < -0.4 is 4.90 Å². The maximum absolute atomic E-state index is 5.31. The third kappa shape index (κ3) is 3.26. The summed E-state index contributed by atoms with van der Waals surface area (Å²) in [6.07, 6.45) is 0. The van der Waals surface area contributed by atoms with E-state index in [0.717, 1.165) is 50.3 Å². The molecular formula is C38H23N5S. The maximum Gasteiger partial charge on any atom is 0.221 e. The molecule has 44 heavy (non-hydrogen) atoms. The van der Waals surface area contributed by atoms with Crippen LogP contribution in [0.2, 0.25) is 0 Å². The zero-order chi connectivity index (χ0) is 28.8. The first-order valence-electron chi connectivity index (χ1n) is 14.7. The highest BCUT2D eigenvalue weighted by atomic mass is 32.2. The molecular weight excluding hydrogens is 559 g/mol. The van der Waals surface area contributed by atoms with Crippen molar-refractivity contribution in [2.24, 2.45) is 0 Å². The van der Waals surface area contributed by atoms with Crippen molar-refractivity contribution in [2.45, 2.75) is 9.79 Å². The molecule has 4 heterocycles. The Morgan fingerprint density at radius 1 is 0.477 bits per heavy atom. The van der Waals surface area contributed by atoms with Gasteiger partial charge in [-0.15, -0.1) is 0 Å². The van der Waals surface area contributed by atoms with Crippen LogP contribution in [0.25, 0.3) is 55.3 Å². The predicted octanol–water partition coefficient (Wildman–Crippen LogP) is 10.1. The van der Waals surface area contributed by atoms with Gasteiger partial charge in [-0.05, 0) is 72.8 Å². The van der Waals surface area contributed by atoms with Gasteiger partial charge >= 0.3 is 0 Å². The molecule has 0 saturated carbocycles. The summed E-state index contributed by atoms with van der Waals surface area (Å²) in [4.78, 5) is 15.3. The summed E-state index contributed by atoms with van der Waals surface area (Å²) in [5.74, 6) is 0.830. The van der Waals surface area contributed by atoms with Gasteiger partial charge in [0.05, 0.1) is 39.0 Å². The minimum absolute atomic E-state index is 0.830. The van der Waals surface area contributed by atoms with Gasteiger partial charge in [-0.25, -0.2) is 9.97 Å². The number of rotatable bonds is 2. The molecule has 0 N–H and O–H groups in total. The van der Waals surface area contributed by atoms with Gasteiger partial charge in [0.25, 0.3) is 0 Å². The molecule has 0 spiro atoms. The van der Waals surface area contributed by atoms with Crippen LogP contribution in [-0.4, -0.2) is 18.9 Å². The van der Waals surface area contributed by atoms with E-state index in [-0.39, 0.29) is 0 Å². The summed E-state index contributed by atoms with van der Waals surface area (Å²) < 4.78 is 4.52. The van der Waals surface area contributed by atoms with E-state index < -0.39 is 0 Å². The van der Waals surface area contributed by atoms with Crippen molar-refractivity contribution in [1.29, 1.82) is 0 Å². The predicted molar refractivity (Wildman–Crippen MR) is 181 cm³/mol. The van der Waals surface area contributed by atoms with Crippen molar-refractivity contribution in [1.82, 2.24) is 18.9 Å². The molecule has 9 aromatic rings. The first-order chi connectivity index (χ1) is 21.8. The molecule has 206 valence electrons. The largest absolute Gasteiger partial charge is 0.308 e. The molecule has 1 aliphatic heterocycles. The normalized spacial score (nSPS) is 12.9. The second kappa shape index (κ2) is 8.96. The van der Waals surface area contributed by atoms with Crippen molar-refractivity contribution in [2.75, 3.05) is 4.90 Å². The molecule has 0 amide bonds. The molecule has 0 saturated heterocycles. The molecule has 0 fully saturated rings. The first kappa shape index (κ1) is 23.9. The zero-order valence-electron chi connectivity index (χ0n) is 23.4. The molecule has 1 aliphatic rings. The molecule has 3 aromatic heterocycles. The number of para-hydroxylation sites is 6. The Bertz CT molecular complexity index is 2570. The fourth-order valence-electron chi connectivity index (χ4n) is 6.78. The van der Waals surface area contributed by atoms with Crippen molar-refractivity contribution in [3.8, 4) is 5.95 Å². The van der Waals surface area contributed by atoms with Crippen LogP contribution in [0, 0.1) is 0 Å². The van der Waals surface area contributed by atoms with Gasteiger partial charge in [-0.2, -0.15) is 0 Å². The Labute approximate surface area is 256 Å². The number of aromatic nitrogens is 4. The van der Waals surface area contributed by atoms with Crippen molar-refractivity contribution in [3.05, 3.63) is 140 Å². The van der Waals surface area contributed by atoms with Gasteiger partial charge in [0.2, 0.25) is 5.95 Å². The summed E-state index contributed by atoms with van der Waals surface area (Å²) >= 11 is 1.83. The Hall–Kier alpha value is -5.59. The molecule has 10 rings (SSSR count). The second-order valence-electron chi connectivity index (χ2n) is 11.1. The number of imidazole rings is 1. The molecule has 6 aromatic carbocycles. The van der Waals surface area contributed by atoms with Crippen LogP contribution in [0.15, 0.2) is 149 Å². The fourth-order valence-corrected chi connectivity index (χ4v) is 7.83. The van der Waals surface area contributed by atoms with E-state index in [9.17, 15) is 0 Å². The molecule has 0 bridgehead atoms. The summed E-state index contributed by atoms with van der Waals surface area (Å²) in [5.41, 5.74) is 9.56. The quantitative estimate of drug-likeness (QED) is 0.204. The minimum Gasteiger partial charge on any atom is -0.308 e. The van der Waals surface area contributed by atoms with E-state index in [1.54, 1.807) is 0 Å². The number of hydrogen-bond acceptors (Lipinski definition) is 4. The number of hydrogen-bond donors (Lipinski definition) is 0. The van der Waals surface area contributed by atoms with Crippen molar-refractivity contribution >= 4 is 78.2 Å². The first-order valence-corrected chi connectivity index (χ1v) is 15.5.